The van der Waals surface area contributed by atoms with Crippen molar-refractivity contribution in [2.75, 3.05) is 19.6 Å². The molecule has 2 aliphatic rings. The van der Waals surface area contributed by atoms with Crippen LogP contribution in [0.2, 0.25) is 0 Å². The van der Waals surface area contributed by atoms with Crippen molar-refractivity contribution in [1.29, 1.82) is 0 Å². The molecule has 3 rings (SSSR count). The minimum Gasteiger partial charge on any atom is -0.354 e. The second-order valence-corrected chi connectivity index (χ2v) is 8.32. The lowest BCUT2D eigenvalue weighted by Gasteiger charge is -2.44. The number of nitrogens with one attached hydrogen (secondary N) is 1. The fourth-order valence-electron chi connectivity index (χ4n) is 3.79. The Hall–Kier alpha value is -1.98. The van der Waals surface area contributed by atoms with E-state index in [1.165, 1.54) is 10.7 Å². The van der Waals surface area contributed by atoms with Crippen molar-refractivity contribution in [3.05, 3.63) is 11.8 Å². The number of fused-ring (bicyclic) bond motifs is 2. The van der Waals surface area contributed by atoms with Gasteiger partial charge in [0.15, 0.2) is 0 Å². The number of carbonyl (C=O) groups is 1. The number of hydrogen-bond acceptors (Lipinski definition) is 5. The maximum Gasteiger partial charge on any atom is 0.534 e. The van der Waals surface area contributed by atoms with Gasteiger partial charge in [-0.15, -0.1) is 5.10 Å². The van der Waals surface area contributed by atoms with Crippen LogP contribution < -0.4 is 9.50 Å². The number of nitrogens with zero attached hydrogens (tertiary/aromatic N) is 3. The largest absolute Gasteiger partial charge is 0.534 e. The highest BCUT2D eigenvalue weighted by molar-refractivity contribution is 7.87. The number of aryl methyl sites for hydroxylation is 1. The van der Waals surface area contributed by atoms with Crippen LogP contribution in [0.1, 0.15) is 38.3 Å². The zero-order valence-electron chi connectivity index (χ0n) is 14.8. The van der Waals surface area contributed by atoms with Gasteiger partial charge in [0.25, 0.3) is 5.88 Å². The van der Waals surface area contributed by atoms with Crippen molar-refractivity contribution < 1.29 is 30.6 Å². The third-order valence-corrected chi connectivity index (χ3v) is 6.10. The third-order valence-electron chi connectivity index (χ3n) is 5.14. The van der Waals surface area contributed by atoms with E-state index in [0.717, 1.165) is 12.8 Å². The molecule has 1 spiro atoms. The van der Waals surface area contributed by atoms with Gasteiger partial charge in [0.1, 0.15) is 0 Å². The number of aromatic nitrogens is 2. The fraction of sp³-hybridized carbons (Fsp3) is 0.733. The van der Waals surface area contributed by atoms with Gasteiger partial charge in [-0.25, -0.2) is 4.79 Å². The van der Waals surface area contributed by atoms with Crippen molar-refractivity contribution in [2.45, 2.75) is 50.1 Å². The highest BCUT2D eigenvalue weighted by Gasteiger charge is 2.49. The normalized spacial score (nSPS) is 19.6. The number of piperidine rings is 1. The molecule has 27 heavy (non-hydrogen) atoms. The van der Waals surface area contributed by atoms with E-state index < -0.39 is 21.5 Å². The van der Waals surface area contributed by atoms with Crippen LogP contribution in [-0.2, 0) is 22.1 Å². The van der Waals surface area contributed by atoms with Crippen molar-refractivity contribution in [2.24, 2.45) is 0 Å². The number of carbonyl (C=O) groups excluding carboxylic acids is 1. The van der Waals surface area contributed by atoms with Gasteiger partial charge in [0.2, 0.25) is 0 Å². The first kappa shape index (κ1) is 19.8. The number of amides is 2. The van der Waals surface area contributed by atoms with Gasteiger partial charge >= 0.3 is 21.7 Å². The highest BCUT2D eigenvalue weighted by atomic mass is 32.2. The lowest BCUT2D eigenvalue weighted by molar-refractivity contribution is -0.0501. The molecule has 0 saturated carbocycles. The molecule has 12 heteroatoms. The van der Waals surface area contributed by atoms with Gasteiger partial charge in [-0.05, 0) is 32.6 Å². The summed E-state index contributed by atoms with van der Waals surface area (Å²) in [6.07, 6.45) is 2.82. The van der Waals surface area contributed by atoms with Crippen molar-refractivity contribution in [3.8, 4) is 5.88 Å². The number of rotatable bonds is 3. The molecule has 2 amide bonds. The molecular formula is C15H21F3N4O4S. The molecule has 1 aromatic rings. The number of alkyl halides is 3. The molecule has 1 aromatic heterocycles. The standard InChI is InChI=1S/C15H21F3N4O4S/c1-2-19-13(23)21-8-5-14(6-9-21)4-3-7-22-11(14)10-12(20-22)26-27(24,25)15(16,17)18/h10H,2-9H2,1H3,(H,19,23). The van der Waals surface area contributed by atoms with Gasteiger partial charge in [0.05, 0.1) is 0 Å². The number of likely N-dealkylation sites (tertiary alicyclic amines) is 1. The summed E-state index contributed by atoms with van der Waals surface area (Å²) in [7, 11) is -5.76. The van der Waals surface area contributed by atoms with Crippen molar-refractivity contribution in [3.63, 3.8) is 0 Å². The van der Waals surface area contributed by atoms with Gasteiger partial charge in [0, 0.05) is 43.4 Å². The molecule has 0 atom stereocenters. The monoisotopic (exact) mass is 410 g/mol. The topological polar surface area (TPSA) is 93.5 Å². The Morgan fingerprint density at radius 1 is 1.30 bits per heavy atom. The SMILES string of the molecule is CCNC(=O)N1CCC2(CCCn3nc(OS(=O)(=O)C(F)(F)F)cc32)CC1. The Morgan fingerprint density at radius 2 is 1.96 bits per heavy atom. The van der Waals surface area contributed by atoms with E-state index in [1.807, 2.05) is 6.92 Å². The average molecular weight is 410 g/mol. The average Bonchev–Trinajstić information content (AvgIpc) is 2.98. The lowest BCUT2D eigenvalue weighted by atomic mass is 9.71. The van der Waals surface area contributed by atoms with E-state index in [-0.39, 0.29) is 11.4 Å². The van der Waals surface area contributed by atoms with Crippen LogP contribution >= 0.6 is 0 Å². The molecule has 2 aliphatic heterocycles. The van der Waals surface area contributed by atoms with E-state index in [9.17, 15) is 26.4 Å². The molecule has 8 nitrogen and oxygen atoms in total. The molecule has 1 saturated heterocycles. The summed E-state index contributed by atoms with van der Waals surface area (Å²) < 4.78 is 65.8. The quantitative estimate of drug-likeness (QED) is 0.608. The third kappa shape index (κ3) is 3.71. The maximum absolute atomic E-state index is 12.5. The highest BCUT2D eigenvalue weighted by Crippen LogP contribution is 2.44. The van der Waals surface area contributed by atoms with Crippen LogP contribution in [0.25, 0.3) is 0 Å². The fourth-order valence-corrected chi connectivity index (χ4v) is 4.19. The minimum atomic E-state index is -5.76. The lowest BCUT2D eigenvalue weighted by Crippen LogP contribution is -2.50. The van der Waals surface area contributed by atoms with Crippen LogP contribution in [0.5, 0.6) is 5.88 Å². The Morgan fingerprint density at radius 3 is 2.56 bits per heavy atom. The summed E-state index contributed by atoms with van der Waals surface area (Å²) >= 11 is 0. The summed E-state index contributed by atoms with van der Waals surface area (Å²) in [6, 6.07) is 1.14. The molecule has 0 aliphatic carbocycles. The van der Waals surface area contributed by atoms with Crippen LogP contribution in [0.4, 0.5) is 18.0 Å². The van der Waals surface area contributed by atoms with Crippen LogP contribution in [0, 0.1) is 0 Å². The van der Waals surface area contributed by atoms with Crippen LogP contribution in [-0.4, -0.2) is 54.3 Å². The van der Waals surface area contributed by atoms with E-state index in [2.05, 4.69) is 14.6 Å². The molecule has 1 N–H and O–H groups in total. The number of halogens is 3. The Labute approximate surface area is 154 Å². The molecule has 1 fully saturated rings. The van der Waals surface area contributed by atoms with Crippen LogP contribution in [0.3, 0.4) is 0 Å². The Bertz CT molecular complexity index is 814. The summed E-state index contributed by atoms with van der Waals surface area (Å²) in [5.41, 5.74) is -5.19. The van der Waals surface area contributed by atoms with Crippen LogP contribution in [0.15, 0.2) is 6.07 Å². The van der Waals surface area contributed by atoms with Crippen molar-refractivity contribution >= 4 is 16.1 Å². The summed E-state index contributed by atoms with van der Waals surface area (Å²) in [5.74, 6) is -0.574. The second kappa shape index (κ2) is 6.88. The molecule has 0 unspecified atom stereocenters. The van der Waals surface area contributed by atoms with Gasteiger partial charge in [-0.2, -0.15) is 21.6 Å². The Kier molecular flexibility index (Phi) is 5.04. The van der Waals surface area contributed by atoms with Gasteiger partial charge < -0.3 is 14.4 Å². The smallest absolute Gasteiger partial charge is 0.354 e. The predicted molar refractivity (Wildman–Crippen MR) is 88.6 cm³/mol. The maximum atomic E-state index is 12.5. The van der Waals surface area contributed by atoms with Gasteiger partial charge in [-0.3, -0.25) is 4.68 Å². The predicted octanol–water partition coefficient (Wildman–Crippen LogP) is 1.97. The molecule has 0 radical (unpaired) electrons. The molecule has 3 heterocycles. The molecule has 152 valence electrons. The van der Waals surface area contributed by atoms with E-state index in [0.29, 0.717) is 44.7 Å². The summed E-state index contributed by atoms with van der Waals surface area (Å²) in [4.78, 5) is 13.7. The first-order chi connectivity index (χ1) is 12.6. The first-order valence-corrected chi connectivity index (χ1v) is 10.1. The number of urea groups is 1. The van der Waals surface area contributed by atoms with Gasteiger partial charge in [-0.1, -0.05) is 0 Å². The van der Waals surface area contributed by atoms with Crippen molar-refractivity contribution in [1.82, 2.24) is 20.0 Å². The zero-order valence-corrected chi connectivity index (χ0v) is 15.6. The summed E-state index contributed by atoms with van der Waals surface area (Å²) in [5, 5.41) is 6.65. The second-order valence-electron chi connectivity index (χ2n) is 6.78. The molecular weight excluding hydrogens is 389 g/mol. The number of hydrogen-bond donors (Lipinski definition) is 1. The minimum absolute atomic E-state index is 0.142. The summed E-state index contributed by atoms with van der Waals surface area (Å²) in [6.45, 7) is 3.86. The molecule has 0 bridgehead atoms. The Balaban J connectivity index is 1.80. The van der Waals surface area contributed by atoms with E-state index in [1.54, 1.807) is 4.90 Å². The molecule has 0 aromatic carbocycles. The zero-order chi connectivity index (χ0) is 19.9. The van der Waals surface area contributed by atoms with E-state index in [4.69, 9.17) is 0 Å². The first-order valence-electron chi connectivity index (χ1n) is 8.70. The van der Waals surface area contributed by atoms with E-state index >= 15 is 0 Å².